The quantitative estimate of drug-likeness (QED) is 0.193. The molecule has 1 aliphatic carbocycles. The number of amides is 1. The number of benzene rings is 1. The zero-order valence-corrected chi connectivity index (χ0v) is 20.6. The fraction of sp³-hybridized carbons (Fsp3) is 0.619. The van der Waals surface area contributed by atoms with E-state index in [1.165, 1.54) is 12.5 Å². The molecule has 164 valence electrons. The summed E-state index contributed by atoms with van der Waals surface area (Å²) < 4.78 is 13.5. The second-order valence-electron chi connectivity index (χ2n) is 7.09. The summed E-state index contributed by atoms with van der Waals surface area (Å²) in [5.41, 5.74) is 2.00. The number of guanidine groups is 1. The maximum Gasteiger partial charge on any atom is 0.223 e. The number of hydrogen-bond donors (Lipinski definition) is 3. The molecule has 3 N–H and O–H groups in total. The van der Waals surface area contributed by atoms with Crippen molar-refractivity contribution in [2.75, 3.05) is 25.9 Å². The highest BCUT2D eigenvalue weighted by Crippen LogP contribution is 2.23. The van der Waals surface area contributed by atoms with Gasteiger partial charge in [0.25, 0.3) is 0 Å². The molecule has 8 heteroatoms. The molecule has 1 aromatic rings. The lowest BCUT2D eigenvalue weighted by atomic mass is 9.89. The average molecular weight is 536 g/mol. The number of hydrogen-bond acceptors (Lipinski definition) is 3. The third-order valence-corrected chi connectivity index (χ3v) is 5.51. The van der Waals surface area contributed by atoms with E-state index in [0.29, 0.717) is 25.6 Å². The number of halogens is 2. The standard InChI is InChI=1S/C21H33FN4OS.HI/c1-3-23-21(25-12-11-24-20(27)16-7-5-4-6-8-16)26-14-17-9-10-19(22)13-18(17)15-28-2;/h9-10,13,16H,3-8,11-12,14-15H2,1-2H3,(H,24,27)(H2,23,25,26);1H. The van der Waals surface area contributed by atoms with Crippen LogP contribution in [0.5, 0.6) is 0 Å². The molecule has 0 radical (unpaired) electrons. The van der Waals surface area contributed by atoms with Crippen molar-refractivity contribution in [1.29, 1.82) is 0 Å². The Kier molecular flexibility index (Phi) is 13.3. The molecule has 1 fully saturated rings. The summed E-state index contributed by atoms with van der Waals surface area (Å²) in [6.07, 6.45) is 7.61. The van der Waals surface area contributed by atoms with Crippen LogP contribution in [0, 0.1) is 11.7 Å². The SMILES string of the molecule is CCNC(=NCc1ccc(F)cc1CSC)NCCNC(=O)C1CCCCC1.I. The second kappa shape index (κ2) is 14.9. The van der Waals surface area contributed by atoms with Gasteiger partial charge in [-0.2, -0.15) is 11.8 Å². The smallest absolute Gasteiger partial charge is 0.223 e. The van der Waals surface area contributed by atoms with E-state index < -0.39 is 0 Å². The van der Waals surface area contributed by atoms with Crippen LogP contribution in [0.15, 0.2) is 23.2 Å². The van der Waals surface area contributed by atoms with Crippen LogP contribution in [0.3, 0.4) is 0 Å². The van der Waals surface area contributed by atoms with Crippen molar-refractivity contribution in [2.24, 2.45) is 10.9 Å². The predicted molar refractivity (Wildman–Crippen MR) is 131 cm³/mol. The Morgan fingerprint density at radius 1 is 1.14 bits per heavy atom. The third-order valence-electron chi connectivity index (χ3n) is 4.91. The molecular formula is C21H34FIN4OS. The first-order valence-electron chi connectivity index (χ1n) is 10.2. The highest BCUT2D eigenvalue weighted by molar-refractivity contribution is 14.0. The molecule has 1 amide bonds. The molecule has 0 bridgehead atoms. The minimum atomic E-state index is -0.212. The Morgan fingerprint density at radius 2 is 1.86 bits per heavy atom. The van der Waals surface area contributed by atoms with Crippen LogP contribution in [0.4, 0.5) is 4.39 Å². The molecule has 0 spiro atoms. The lowest BCUT2D eigenvalue weighted by molar-refractivity contribution is -0.125. The summed E-state index contributed by atoms with van der Waals surface area (Å²) in [6.45, 7) is 4.44. The lowest BCUT2D eigenvalue weighted by Gasteiger charge is -2.21. The van der Waals surface area contributed by atoms with E-state index in [4.69, 9.17) is 0 Å². The molecule has 1 aliphatic rings. The molecule has 0 unspecified atom stereocenters. The molecule has 0 atom stereocenters. The Bertz CT molecular complexity index is 654. The van der Waals surface area contributed by atoms with Gasteiger partial charge < -0.3 is 16.0 Å². The van der Waals surface area contributed by atoms with Crippen molar-refractivity contribution in [3.63, 3.8) is 0 Å². The van der Waals surface area contributed by atoms with Gasteiger partial charge in [-0.05, 0) is 49.3 Å². The van der Waals surface area contributed by atoms with E-state index in [9.17, 15) is 9.18 Å². The number of nitrogens with one attached hydrogen (secondary N) is 3. The van der Waals surface area contributed by atoms with Crippen LogP contribution in [-0.4, -0.2) is 37.8 Å². The Hall–Kier alpha value is -1.03. The zero-order chi connectivity index (χ0) is 20.2. The first kappa shape index (κ1) is 26.0. The van der Waals surface area contributed by atoms with E-state index in [0.717, 1.165) is 49.1 Å². The van der Waals surface area contributed by atoms with Crippen molar-refractivity contribution in [3.8, 4) is 0 Å². The van der Waals surface area contributed by atoms with E-state index in [-0.39, 0.29) is 41.6 Å². The fourth-order valence-electron chi connectivity index (χ4n) is 3.42. The number of carbonyl (C=O) groups is 1. The molecule has 0 aromatic heterocycles. The molecule has 1 saturated carbocycles. The van der Waals surface area contributed by atoms with Crippen molar-refractivity contribution in [2.45, 2.75) is 51.3 Å². The average Bonchev–Trinajstić information content (AvgIpc) is 2.71. The first-order valence-corrected chi connectivity index (χ1v) is 11.6. The molecule has 29 heavy (non-hydrogen) atoms. The van der Waals surface area contributed by atoms with Gasteiger partial charge in [-0.3, -0.25) is 4.79 Å². The summed E-state index contributed by atoms with van der Waals surface area (Å²) in [7, 11) is 0. The molecule has 5 nitrogen and oxygen atoms in total. The molecule has 1 aromatic carbocycles. The Labute approximate surface area is 195 Å². The number of aliphatic imine (C=N–C) groups is 1. The van der Waals surface area contributed by atoms with Crippen LogP contribution in [0.1, 0.15) is 50.2 Å². The molecule has 0 saturated heterocycles. The molecular weight excluding hydrogens is 502 g/mol. The maximum atomic E-state index is 13.5. The van der Waals surface area contributed by atoms with Gasteiger partial charge in [0.15, 0.2) is 5.96 Å². The van der Waals surface area contributed by atoms with E-state index in [1.807, 2.05) is 13.2 Å². The topological polar surface area (TPSA) is 65.5 Å². The summed E-state index contributed by atoms with van der Waals surface area (Å²) in [5.74, 6) is 1.62. The highest BCUT2D eigenvalue weighted by atomic mass is 127. The van der Waals surface area contributed by atoms with Crippen molar-refractivity contribution >= 4 is 47.6 Å². The number of thioether (sulfide) groups is 1. The van der Waals surface area contributed by atoms with E-state index in [1.54, 1.807) is 23.9 Å². The monoisotopic (exact) mass is 536 g/mol. The number of rotatable bonds is 9. The van der Waals surface area contributed by atoms with Crippen LogP contribution in [0.2, 0.25) is 0 Å². The van der Waals surface area contributed by atoms with Crippen LogP contribution in [0.25, 0.3) is 0 Å². The van der Waals surface area contributed by atoms with Crippen LogP contribution >= 0.6 is 35.7 Å². The van der Waals surface area contributed by atoms with Gasteiger partial charge in [0, 0.05) is 31.3 Å². The molecule has 0 aliphatic heterocycles. The fourth-order valence-corrected chi connectivity index (χ4v) is 4.00. The number of nitrogens with zero attached hydrogens (tertiary/aromatic N) is 1. The summed E-state index contributed by atoms with van der Waals surface area (Å²) in [5, 5.41) is 9.50. The zero-order valence-electron chi connectivity index (χ0n) is 17.4. The van der Waals surface area contributed by atoms with Gasteiger partial charge in [0.05, 0.1) is 6.54 Å². The second-order valence-corrected chi connectivity index (χ2v) is 7.96. The lowest BCUT2D eigenvalue weighted by Crippen LogP contribution is -2.42. The molecule has 0 heterocycles. The third kappa shape index (κ3) is 9.55. The van der Waals surface area contributed by atoms with E-state index >= 15 is 0 Å². The predicted octanol–water partition coefficient (Wildman–Crippen LogP) is 4.06. The van der Waals surface area contributed by atoms with Gasteiger partial charge in [-0.25, -0.2) is 9.38 Å². The van der Waals surface area contributed by atoms with Gasteiger partial charge >= 0.3 is 0 Å². The normalized spacial score (nSPS) is 14.8. The van der Waals surface area contributed by atoms with Gasteiger partial charge in [-0.1, -0.05) is 25.3 Å². The van der Waals surface area contributed by atoms with Gasteiger partial charge in [0.1, 0.15) is 5.82 Å². The van der Waals surface area contributed by atoms with Crippen molar-refractivity contribution < 1.29 is 9.18 Å². The summed E-state index contributed by atoms with van der Waals surface area (Å²) in [6, 6.07) is 4.87. The number of carbonyl (C=O) groups excluding carboxylic acids is 1. The first-order chi connectivity index (χ1) is 13.6. The van der Waals surface area contributed by atoms with Crippen molar-refractivity contribution in [3.05, 3.63) is 35.1 Å². The van der Waals surface area contributed by atoms with E-state index in [2.05, 4.69) is 20.9 Å². The van der Waals surface area contributed by atoms with Gasteiger partial charge in [-0.15, -0.1) is 24.0 Å². The van der Waals surface area contributed by atoms with Gasteiger partial charge in [0.2, 0.25) is 5.91 Å². The largest absolute Gasteiger partial charge is 0.357 e. The van der Waals surface area contributed by atoms with Crippen LogP contribution < -0.4 is 16.0 Å². The Balaban J connectivity index is 0.00000420. The van der Waals surface area contributed by atoms with Crippen molar-refractivity contribution in [1.82, 2.24) is 16.0 Å². The minimum absolute atomic E-state index is 0. The minimum Gasteiger partial charge on any atom is -0.357 e. The highest BCUT2D eigenvalue weighted by Gasteiger charge is 2.20. The maximum absolute atomic E-state index is 13.5. The Morgan fingerprint density at radius 3 is 2.55 bits per heavy atom. The summed E-state index contributed by atoms with van der Waals surface area (Å²) >= 11 is 1.67. The summed E-state index contributed by atoms with van der Waals surface area (Å²) in [4.78, 5) is 16.8. The molecule has 2 rings (SSSR count). The van der Waals surface area contributed by atoms with Crippen LogP contribution in [-0.2, 0) is 17.1 Å².